The van der Waals surface area contributed by atoms with Crippen LogP contribution in [-0.4, -0.2) is 30.9 Å². The van der Waals surface area contributed by atoms with Gasteiger partial charge in [-0.05, 0) is 65.0 Å². The summed E-state index contributed by atoms with van der Waals surface area (Å²) in [6.07, 6.45) is 3.68. The standard InChI is InChI=1S/C28H24N4O2S3/c1-28(2,3)20-13-11-18(12-14-20)25(33)30-32-26(34)23(37-27(32)35)16-19-17-31(21-8-5-4-6-9-21)29-24(19)22-10-7-15-36-22/h4-17H,1-3H3,(H,30,33)/b23-16+. The van der Waals surface area contributed by atoms with E-state index in [1.807, 2.05) is 66.2 Å². The van der Waals surface area contributed by atoms with E-state index in [2.05, 4.69) is 26.2 Å². The number of benzene rings is 2. The van der Waals surface area contributed by atoms with Crippen molar-refractivity contribution in [3.63, 3.8) is 0 Å². The van der Waals surface area contributed by atoms with E-state index in [-0.39, 0.29) is 15.6 Å². The quantitative estimate of drug-likeness (QED) is 0.231. The fraction of sp³-hybridized carbons (Fsp3) is 0.143. The third kappa shape index (κ3) is 5.29. The van der Waals surface area contributed by atoms with Crippen molar-refractivity contribution in [1.29, 1.82) is 0 Å². The fourth-order valence-electron chi connectivity index (χ4n) is 3.80. The summed E-state index contributed by atoms with van der Waals surface area (Å²) in [7, 11) is 0. The minimum absolute atomic E-state index is 0.0197. The van der Waals surface area contributed by atoms with Crippen LogP contribution in [0.3, 0.4) is 0 Å². The lowest BCUT2D eigenvalue weighted by Crippen LogP contribution is -2.44. The normalized spacial score (nSPS) is 15.0. The lowest BCUT2D eigenvalue weighted by molar-refractivity contribution is -0.123. The zero-order chi connectivity index (χ0) is 26.2. The van der Waals surface area contributed by atoms with E-state index in [0.29, 0.717) is 10.5 Å². The van der Waals surface area contributed by atoms with Crippen LogP contribution in [0.5, 0.6) is 0 Å². The Morgan fingerprint density at radius 3 is 2.41 bits per heavy atom. The summed E-state index contributed by atoms with van der Waals surface area (Å²) in [6, 6.07) is 21.1. The van der Waals surface area contributed by atoms with Gasteiger partial charge in [-0.3, -0.25) is 15.0 Å². The molecule has 1 saturated heterocycles. The number of thioether (sulfide) groups is 1. The van der Waals surface area contributed by atoms with Crippen molar-refractivity contribution in [3.05, 3.63) is 99.9 Å². The molecular formula is C28H24N4O2S3. The number of nitrogens with one attached hydrogen (secondary N) is 1. The third-order valence-corrected chi connectivity index (χ3v) is 8.00. The van der Waals surface area contributed by atoms with Gasteiger partial charge in [-0.15, -0.1) is 11.3 Å². The molecule has 0 bridgehead atoms. The van der Waals surface area contributed by atoms with Gasteiger partial charge >= 0.3 is 0 Å². The molecule has 0 unspecified atom stereocenters. The van der Waals surface area contributed by atoms with Crippen molar-refractivity contribution < 1.29 is 9.59 Å². The van der Waals surface area contributed by atoms with E-state index in [9.17, 15) is 9.59 Å². The molecule has 0 spiro atoms. The maximum atomic E-state index is 13.3. The lowest BCUT2D eigenvalue weighted by atomic mass is 9.87. The SMILES string of the molecule is CC(C)(C)c1ccc(C(=O)NN2C(=O)/C(=C\c3cn(-c4ccccc4)nc3-c3cccs3)SC2=S)cc1. The number of carbonyl (C=O) groups is 2. The first kappa shape index (κ1) is 25.1. The Morgan fingerprint density at radius 2 is 1.76 bits per heavy atom. The van der Waals surface area contributed by atoms with E-state index < -0.39 is 5.91 Å². The summed E-state index contributed by atoms with van der Waals surface area (Å²) in [4.78, 5) is 27.5. The number of hydrazine groups is 1. The summed E-state index contributed by atoms with van der Waals surface area (Å²) in [5.74, 6) is -0.770. The number of thiophene rings is 1. The zero-order valence-corrected chi connectivity index (χ0v) is 22.9. The molecule has 37 heavy (non-hydrogen) atoms. The molecule has 0 saturated carbocycles. The highest BCUT2D eigenvalue weighted by atomic mass is 32.2. The molecule has 0 atom stereocenters. The summed E-state index contributed by atoms with van der Waals surface area (Å²) in [6.45, 7) is 6.34. The first-order valence-corrected chi connectivity index (χ1v) is 13.7. The van der Waals surface area contributed by atoms with Crippen LogP contribution in [0, 0.1) is 0 Å². The van der Waals surface area contributed by atoms with Crippen LogP contribution in [0.1, 0.15) is 42.3 Å². The molecule has 3 heterocycles. The van der Waals surface area contributed by atoms with Crippen molar-refractivity contribution in [2.75, 3.05) is 0 Å². The van der Waals surface area contributed by atoms with E-state index >= 15 is 0 Å². The van der Waals surface area contributed by atoms with E-state index in [1.54, 1.807) is 34.2 Å². The van der Waals surface area contributed by atoms with Crippen LogP contribution >= 0.6 is 35.3 Å². The Kier molecular flexibility index (Phi) is 6.85. The summed E-state index contributed by atoms with van der Waals surface area (Å²) >= 11 is 8.16. The number of hydrogen-bond acceptors (Lipinski definition) is 6. The minimum atomic E-state index is -0.394. The van der Waals surface area contributed by atoms with Gasteiger partial charge in [0.2, 0.25) is 0 Å². The average Bonchev–Trinajstić information content (AvgIpc) is 3.61. The predicted molar refractivity (Wildman–Crippen MR) is 154 cm³/mol. The number of hydrogen-bond donors (Lipinski definition) is 1. The van der Waals surface area contributed by atoms with Crippen LogP contribution in [0.4, 0.5) is 0 Å². The second kappa shape index (κ2) is 10.1. The molecule has 1 fully saturated rings. The highest BCUT2D eigenvalue weighted by molar-refractivity contribution is 8.26. The van der Waals surface area contributed by atoms with Gasteiger partial charge in [-0.1, -0.05) is 68.9 Å². The Morgan fingerprint density at radius 1 is 1.03 bits per heavy atom. The molecule has 1 aliphatic rings. The molecule has 2 aromatic carbocycles. The first-order valence-electron chi connectivity index (χ1n) is 11.6. The second-order valence-corrected chi connectivity index (χ2v) is 12.1. The number of aromatic nitrogens is 2. The average molecular weight is 545 g/mol. The second-order valence-electron chi connectivity index (χ2n) is 9.48. The molecule has 2 aromatic heterocycles. The van der Waals surface area contributed by atoms with Crippen molar-refractivity contribution in [1.82, 2.24) is 20.2 Å². The highest BCUT2D eigenvalue weighted by Crippen LogP contribution is 2.35. The number of rotatable bonds is 5. The van der Waals surface area contributed by atoms with Crippen molar-refractivity contribution >= 4 is 57.5 Å². The molecule has 2 amide bonds. The molecule has 0 aliphatic carbocycles. The van der Waals surface area contributed by atoms with Crippen LogP contribution in [-0.2, 0) is 10.2 Å². The highest BCUT2D eigenvalue weighted by Gasteiger charge is 2.34. The van der Waals surface area contributed by atoms with Crippen molar-refractivity contribution in [2.24, 2.45) is 0 Å². The van der Waals surface area contributed by atoms with Crippen LogP contribution < -0.4 is 5.43 Å². The van der Waals surface area contributed by atoms with Crippen LogP contribution in [0.2, 0.25) is 0 Å². The largest absolute Gasteiger partial charge is 0.285 e. The molecule has 5 rings (SSSR count). The van der Waals surface area contributed by atoms with Gasteiger partial charge in [-0.2, -0.15) is 10.1 Å². The van der Waals surface area contributed by atoms with Gasteiger partial charge in [0.15, 0.2) is 4.32 Å². The number of para-hydroxylation sites is 1. The van der Waals surface area contributed by atoms with Crippen LogP contribution in [0.15, 0.2) is 83.2 Å². The van der Waals surface area contributed by atoms with E-state index in [1.165, 1.54) is 0 Å². The number of thiocarbonyl (C=S) groups is 1. The molecule has 1 aliphatic heterocycles. The minimum Gasteiger partial charge on any atom is -0.267 e. The molecule has 186 valence electrons. The monoisotopic (exact) mass is 544 g/mol. The molecule has 9 heteroatoms. The van der Waals surface area contributed by atoms with E-state index in [0.717, 1.165) is 44.2 Å². The topological polar surface area (TPSA) is 67.2 Å². The number of nitrogens with zero attached hydrogens (tertiary/aromatic N) is 3. The Labute approximate surface area is 229 Å². The maximum Gasteiger partial charge on any atom is 0.285 e. The Bertz CT molecular complexity index is 1500. The molecule has 0 radical (unpaired) electrons. The first-order chi connectivity index (χ1) is 17.7. The molecule has 6 nitrogen and oxygen atoms in total. The van der Waals surface area contributed by atoms with Gasteiger partial charge in [0.25, 0.3) is 11.8 Å². The van der Waals surface area contributed by atoms with E-state index in [4.69, 9.17) is 17.3 Å². The van der Waals surface area contributed by atoms with Crippen molar-refractivity contribution in [3.8, 4) is 16.3 Å². The summed E-state index contributed by atoms with van der Waals surface area (Å²) < 4.78 is 2.06. The Hall–Kier alpha value is -3.53. The van der Waals surface area contributed by atoms with Crippen LogP contribution in [0.25, 0.3) is 22.3 Å². The maximum absolute atomic E-state index is 13.3. The number of carbonyl (C=O) groups excluding carboxylic acids is 2. The molecule has 1 N–H and O–H groups in total. The van der Waals surface area contributed by atoms with Crippen molar-refractivity contribution in [2.45, 2.75) is 26.2 Å². The smallest absolute Gasteiger partial charge is 0.267 e. The molecular weight excluding hydrogens is 521 g/mol. The fourth-order valence-corrected chi connectivity index (χ4v) is 5.71. The Balaban J connectivity index is 1.40. The zero-order valence-electron chi connectivity index (χ0n) is 20.5. The number of amides is 2. The third-order valence-electron chi connectivity index (χ3n) is 5.82. The summed E-state index contributed by atoms with van der Waals surface area (Å²) in [5.41, 5.74) is 6.69. The van der Waals surface area contributed by atoms with Gasteiger partial charge in [0.05, 0.1) is 15.5 Å². The van der Waals surface area contributed by atoms with Gasteiger partial charge in [0.1, 0.15) is 5.69 Å². The lowest BCUT2D eigenvalue weighted by Gasteiger charge is -2.19. The predicted octanol–water partition coefficient (Wildman–Crippen LogP) is 6.44. The summed E-state index contributed by atoms with van der Waals surface area (Å²) in [5, 5.41) is 7.91. The molecule has 4 aromatic rings. The van der Waals surface area contributed by atoms with Gasteiger partial charge in [-0.25, -0.2) is 4.68 Å². The van der Waals surface area contributed by atoms with Gasteiger partial charge in [0, 0.05) is 17.3 Å². The van der Waals surface area contributed by atoms with Gasteiger partial charge < -0.3 is 0 Å².